The summed E-state index contributed by atoms with van der Waals surface area (Å²) in [5.74, 6) is -0.561. The Bertz CT molecular complexity index is 857. The van der Waals surface area contributed by atoms with Gasteiger partial charge in [-0.05, 0) is 49.5 Å². The molecule has 0 aromatic heterocycles. The van der Waals surface area contributed by atoms with Crippen molar-refractivity contribution in [3.8, 4) is 0 Å². The van der Waals surface area contributed by atoms with Crippen LogP contribution in [0.3, 0.4) is 0 Å². The van der Waals surface area contributed by atoms with E-state index in [1.807, 2.05) is 0 Å². The molecule has 7 heteroatoms. The van der Waals surface area contributed by atoms with Crippen LogP contribution in [0.5, 0.6) is 0 Å². The summed E-state index contributed by atoms with van der Waals surface area (Å²) in [6.07, 6.45) is 3.08. The molecule has 3 heterocycles. The molecule has 30 heavy (non-hydrogen) atoms. The lowest BCUT2D eigenvalue weighted by atomic mass is 9.93. The van der Waals surface area contributed by atoms with E-state index in [-0.39, 0.29) is 18.2 Å². The van der Waals surface area contributed by atoms with E-state index in [2.05, 4.69) is 29.7 Å². The van der Waals surface area contributed by atoms with E-state index < -0.39 is 23.8 Å². The maximum absolute atomic E-state index is 14.2. The van der Waals surface area contributed by atoms with Gasteiger partial charge in [0, 0.05) is 48.7 Å². The number of aliphatic hydroxyl groups excluding tert-OH is 1. The van der Waals surface area contributed by atoms with Gasteiger partial charge >= 0.3 is 0 Å². The summed E-state index contributed by atoms with van der Waals surface area (Å²) < 4.78 is 33.8. The first-order chi connectivity index (χ1) is 14.4. The third-order valence-corrected chi connectivity index (χ3v) is 6.73. The van der Waals surface area contributed by atoms with Gasteiger partial charge in [0.25, 0.3) is 0 Å². The number of rotatable bonds is 4. The predicted molar refractivity (Wildman–Crippen MR) is 111 cm³/mol. The molecular formula is C23H31F2N3O2. The number of hydrogen-bond donors (Lipinski definition) is 2. The first kappa shape index (κ1) is 21.4. The lowest BCUT2D eigenvalue weighted by Gasteiger charge is -2.39. The Kier molecular flexibility index (Phi) is 6.25. The van der Waals surface area contributed by atoms with Crippen molar-refractivity contribution >= 4 is 0 Å². The summed E-state index contributed by atoms with van der Waals surface area (Å²) in [7, 11) is 0. The molecular weight excluding hydrogens is 388 g/mol. The second-order valence-corrected chi connectivity index (χ2v) is 8.58. The Labute approximate surface area is 176 Å². The van der Waals surface area contributed by atoms with Gasteiger partial charge in [-0.1, -0.05) is 13.0 Å². The highest BCUT2D eigenvalue weighted by Crippen LogP contribution is 2.37. The standard InChI is InChI=1S/C23H31F2N3O2/c1-3-28-16(12-29)6-4-14(2)19-10-27(11-22(19)28)17-9-21(26)23(30-13-17)18-8-15(24)5-7-20(18)25/h5-8,14,17,21,23,29H,3-4,9-13,26H2,1-2H3/t14?,17-,21+,23-/m1/s1. The van der Waals surface area contributed by atoms with Gasteiger partial charge in [0.2, 0.25) is 0 Å². The van der Waals surface area contributed by atoms with Gasteiger partial charge < -0.3 is 20.5 Å². The third kappa shape index (κ3) is 3.91. The van der Waals surface area contributed by atoms with Gasteiger partial charge in [-0.15, -0.1) is 0 Å². The van der Waals surface area contributed by atoms with Crippen molar-refractivity contribution in [2.24, 2.45) is 11.7 Å². The van der Waals surface area contributed by atoms with Crippen molar-refractivity contribution < 1.29 is 18.6 Å². The summed E-state index contributed by atoms with van der Waals surface area (Å²) in [5.41, 5.74) is 10.2. The number of aliphatic hydroxyl groups is 1. The number of halogens is 2. The van der Waals surface area contributed by atoms with Crippen molar-refractivity contribution in [1.29, 1.82) is 0 Å². The van der Waals surface area contributed by atoms with Crippen molar-refractivity contribution in [2.45, 2.75) is 44.9 Å². The van der Waals surface area contributed by atoms with Crippen LogP contribution in [0.2, 0.25) is 0 Å². The molecule has 1 aromatic rings. The van der Waals surface area contributed by atoms with Crippen LogP contribution in [-0.2, 0) is 4.74 Å². The molecule has 0 amide bonds. The molecule has 4 atom stereocenters. The molecule has 0 spiro atoms. The molecule has 1 aromatic carbocycles. The number of nitrogens with two attached hydrogens (primary N) is 1. The van der Waals surface area contributed by atoms with Crippen LogP contribution in [0.4, 0.5) is 8.78 Å². The number of benzene rings is 1. The molecule has 3 aliphatic heterocycles. The highest BCUT2D eigenvalue weighted by Gasteiger charge is 2.39. The van der Waals surface area contributed by atoms with E-state index in [1.165, 1.54) is 17.3 Å². The summed E-state index contributed by atoms with van der Waals surface area (Å²) in [4.78, 5) is 4.61. The maximum Gasteiger partial charge on any atom is 0.129 e. The fourth-order valence-corrected chi connectivity index (χ4v) is 5.05. The normalized spacial score (nSPS) is 30.3. The van der Waals surface area contributed by atoms with Gasteiger partial charge in [0.1, 0.15) is 17.7 Å². The molecule has 0 aliphatic carbocycles. The largest absolute Gasteiger partial charge is 0.390 e. The monoisotopic (exact) mass is 419 g/mol. The zero-order valence-corrected chi connectivity index (χ0v) is 17.7. The molecule has 0 radical (unpaired) electrons. The van der Waals surface area contributed by atoms with Crippen LogP contribution < -0.4 is 5.73 Å². The van der Waals surface area contributed by atoms with E-state index in [1.54, 1.807) is 0 Å². The molecule has 1 unspecified atom stereocenters. The average molecular weight is 420 g/mol. The SMILES string of the molecule is CCN1C(CO)=CCC(C)C2=C1CN([C@H]1CO[C@H](c3cc(F)ccc3F)[C@@H](N)C1)C2. The predicted octanol–water partition coefficient (Wildman–Crippen LogP) is 2.93. The van der Waals surface area contributed by atoms with Crippen molar-refractivity contribution in [3.05, 3.63) is 58.4 Å². The Morgan fingerprint density at radius 2 is 2.07 bits per heavy atom. The van der Waals surface area contributed by atoms with Crippen LogP contribution in [-0.4, -0.2) is 59.8 Å². The number of hydrogen-bond acceptors (Lipinski definition) is 5. The number of allylic oxidation sites excluding steroid dienone is 1. The molecule has 1 fully saturated rings. The lowest BCUT2D eigenvalue weighted by Crippen LogP contribution is -2.49. The summed E-state index contributed by atoms with van der Waals surface area (Å²) in [5, 5.41) is 9.81. The van der Waals surface area contributed by atoms with Crippen molar-refractivity contribution in [3.63, 3.8) is 0 Å². The Balaban J connectivity index is 1.47. The number of nitrogens with zero attached hydrogens (tertiary/aromatic N) is 2. The first-order valence-corrected chi connectivity index (χ1v) is 10.8. The van der Waals surface area contributed by atoms with Gasteiger partial charge in [-0.2, -0.15) is 0 Å². The van der Waals surface area contributed by atoms with Crippen LogP contribution in [0.25, 0.3) is 0 Å². The Morgan fingerprint density at radius 3 is 2.77 bits per heavy atom. The minimum atomic E-state index is -0.639. The van der Waals surface area contributed by atoms with Crippen molar-refractivity contribution in [2.75, 3.05) is 32.8 Å². The third-order valence-electron chi connectivity index (χ3n) is 6.73. The highest BCUT2D eigenvalue weighted by atomic mass is 19.1. The molecule has 1 saturated heterocycles. The molecule has 164 valence electrons. The molecule has 5 nitrogen and oxygen atoms in total. The Hall–Kier alpha value is -1.80. The lowest BCUT2D eigenvalue weighted by molar-refractivity contribution is -0.0470. The fraction of sp³-hybridized carbons (Fsp3) is 0.565. The minimum absolute atomic E-state index is 0.0373. The van der Waals surface area contributed by atoms with E-state index in [4.69, 9.17) is 10.5 Å². The van der Waals surface area contributed by atoms with E-state index in [0.29, 0.717) is 18.9 Å². The summed E-state index contributed by atoms with van der Waals surface area (Å²) in [6, 6.07) is 3.12. The second kappa shape index (κ2) is 8.75. The van der Waals surface area contributed by atoms with E-state index in [9.17, 15) is 13.9 Å². The molecule has 3 N–H and O–H groups in total. The summed E-state index contributed by atoms with van der Waals surface area (Å²) >= 11 is 0. The summed E-state index contributed by atoms with van der Waals surface area (Å²) in [6.45, 7) is 7.24. The molecule has 3 aliphatic rings. The van der Waals surface area contributed by atoms with Crippen LogP contribution >= 0.6 is 0 Å². The number of likely N-dealkylation sites (N-methyl/N-ethyl adjacent to an activating group) is 1. The van der Waals surface area contributed by atoms with Gasteiger partial charge in [0.15, 0.2) is 0 Å². The van der Waals surface area contributed by atoms with Gasteiger partial charge in [0.05, 0.1) is 13.2 Å². The zero-order valence-electron chi connectivity index (χ0n) is 17.7. The molecule has 0 bridgehead atoms. The van der Waals surface area contributed by atoms with Crippen LogP contribution in [0.1, 0.15) is 38.4 Å². The van der Waals surface area contributed by atoms with E-state index in [0.717, 1.165) is 43.9 Å². The van der Waals surface area contributed by atoms with Crippen LogP contribution in [0.15, 0.2) is 41.2 Å². The molecule has 0 saturated carbocycles. The zero-order chi connectivity index (χ0) is 21.4. The fourth-order valence-electron chi connectivity index (χ4n) is 5.05. The minimum Gasteiger partial charge on any atom is -0.390 e. The van der Waals surface area contributed by atoms with Gasteiger partial charge in [-0.25, -0.2) is 8.78 Å². The smallest absolute Gasteiger partial charge is 0.129 e. The Morgan fingerprint density at radius 1 is 1.27 bits per heavy atom. The second-order valence-electron chi connectivity index (χ2n) is 8.58. The highest BCUT2D eigenvalue weighted by molar-refractivity contribution is 5.32. The van der Waals surface area contributed by atoms with Gasteiger partial charge in [-0.3, -0.25) is 4.90 Å². The van der Waals surface area contributed by atoms with Crippen LogP contribution in [0, 0.1) is 17.6 Å². The number of ether oxygens (including phenoxy) is 1. The maximum atomic E-state index is 14.2. The molecule has 4 rings (SSSR count). The van der Waals surface area contributed by atoms with E-state index >= 15 is 0 Å². The van der Waals surface area contributed by atoms with Crippen molar-refractivity contribution in [1.82, 2.24) is 9.80 Å². The average Bonchev–Trinajstić information content (AvgIpc) is 3.13. The topological polar surface area (TPSA) is 62.0 Å². The quantitative estimate of drug-likeness (QED) is 0.786. The first-order valence-electron chi connectivity index (χ1n) is 10.8.